The van der Waals surface area contributed by atoms with Crippen molar-refractivity contribution in [1.29, 1.82) is 0 Å². The van der Waals surface area contributed by atoms with Gasteiger partial charge in [0.1, 0.15) is 0 Å². The Morgan fingerprint density at radius 3 is 2.50 bits per heavy atom. The van der Waals surface area contributed by atoms with E-state index in [4.69, 9.17) is 0 Å². The van der Waals surface area contributed by atoms with Crippen molar-refractivity contribution < 1.29 is 27.6 Å². The number of carbonyl (C=O) groups excluding carboxylic acids is 3. The summed E-state index contributed by atoms with van der Waals surface area (Å²) in [6, 6.07) is 19.2. The molecule has 5 heterocycles. The first-order valence-electron chi connectivity index (χ1n) is 15.1. The van der Waals surface area contributed by atoms with Crippen LogP contribution in [0.25, 0.3) is 10.8 Å². The summed E-state index contributed by atoms with van der Waals surface area (Å²) in [5.74, 6) is -4.49. The Balaban J connectivity index is 1.28. The molecule has 0 N–H and O–H groups in total. The van der Waals surface area contributed by atoms with Crippen molar-refractivity contribution in [2.75, 3.05) is 14.2 Å². The van der Waals surface area contributed by atoms with Crippen molar-refractivity contribution in [3.05, 3.63) is 110 Å². The molecule has 234 valence electrons. The summed E-state index contributed by atoms with van der Waals surface area (Å²) >= 11 is -1.93. The molecule has 0 radical (unpaired) electrons. The van der Waals surface area contributed by atoms with Crippen LogP contribution in [0.4, 0.5) is 24.7 Å². The molecule has 4 aliphatic heterocycles. The fraction of sp³-hybridized carbons (Fsp3) is 0.257. The van der Waals surface area contributed by atoms with Gasteiger partial charge in [0.05, 0.1) is 0 Å². The van der Waals surface area contributed by atoms with Gasteiger partial charge in [-0.2, -0.15) is 0 Å². The van der Waals surface area contributed by atoms with E-state index in [0.717, 1.165) is 14.7 Å². The number of alkyl halides is 3. The molecule has 2 fully saturated rings. The monoisotopic (exact) mass is 736 g/mol. The van der Waals surface area contributed by atoms with Crippen LogP contribution in [0.2, 0.25) is 0 Å². The predicted molar refractivity (Wildman–Crippen MR) is 176 cm³/mol. The maximum atomic E-state index is 15.0. The molecule has 5 aliphatic rings. The molecule has 1 saturated heterocycles. The quantitative estimate of drug-likeness (QED) is 0.167. The van der Waals surface area contributed by atoms with Crippen LogP contribution in [0.15, 0.2) is 94.8 Å². The molecule has 3 aromatic carbocycles. The van der Waals surface area contributed by atoms with Crippen LogP contribution in [0.3, 0.4) is 0 Å². The number of halogens is 4. The van der Waals surface area contributed by atoms with E-state index >= 15 is 4.79 Å². The van der Waals surface area contributed by atoms with Gasteiger partial charge >= 0.3 is 271 Å². The second-order valence-corrected chi connectivity index (χ2v) is 16.9. The van der Waals surface area contributed by atoms with Crippen molar-refractivity contribution >= 4 is 59.8 Å². The van der Waals surface area contributed by atoms with Crippen LogP contribution in [0.5, 0.6) is 0 Å². The van der Waals surface area contributed by atoms with Gasteiger partial charge in [-0.15, -0.1) is 0 Å². The van der Waals surface area contributed by atoms with Crippen molar-refractivity contribution in [2.24, 2.45) is 0 Å². The normalized spacial score (nSPS) is 22.8. The van der Waals surface area contributed by atoms with Gasteiger partial charge in [0, 0.05) is 0 Å². The Morgan fingerprint density at radius 1 is 0.957 bits per heavy atom. The number of pyridine rings is 1. The Bertz CT molecular complexity index is 1960. The second-order valence-electron chi connectivity index (χ2n) is 12.0. The molecule has 0 unspecified atom stereocenters. The molecule has 1 saturated carbocycles. The van der Waals surface area contributed by atoms with Crippen LogP contribution in [0, 0.1) is 9.39 Å². The first kappa shape index (κ1) is 29.2. The standard InChI is InChI=1S/C35H28F3IN4O3/c36-22-7-5-8-23(16-22)42(33(45)29-12-13-30(44)43(29)32-26-9-2-1-6-21(26)14-15-40-32)31-27-10-3-4-11-28(27)39-19-25(20-39)41(34(31)46)24-17-35(37,38)18-24/h1-11,14-16,19,24,29,31H,12-13,17-18,20H2/t29-,31-/m0/s1. The summed E-state index contributed by atoms with van der Waals surface area (Å²) in [5.41, 5.74) is 1.48. The molecule has 7 nitrogen and oxygen atoms in total. The Labute approximate surface area is 270 Å². The number of allylic oxidation sites excluding steroid dienone is 1. The third-order valence-electron chi connectivity index (χ3n) is 9.17. The molecular formula is C35H28F3IN4O3. The number of rotatable bonds is 5. The minimum absolute atomic E-state index is 0.0829. The summed E-state index contributed by atoms with van der Waals surface area (Å²) < 4.78 is 47.0. The summed E-state index contributed by atoms with van der Waals surface area (Å²) in [6.07, 6.45) is 0.925. The number of aromatic nitrogens is 1. The van der Waals surface area contributed by atoms with Gasteiger partial charge in [-0.1, -0.05) is 0 Å². The topological polar surface area (TPSA) is 73.8 Å². The Hall–Kier alpha value is -4.26. The number of amides is 3. The summed E-state index contributed by atoms with van der Waals surface area (Å²) in [4.78, 5) is 52.0. The molecule has 4 aromatic rings. The van der Waals surface area contributed by atoms with Crippen LogP contribution in [-0.4, -0.2) is 50.0 Å². The number of hydrogen-bond donors (Lipinski definition) is 0. The van der Waals surface area contributed by atoms with Gasteiger partial charge in [-0.05, 0) is 0 Å². The van der Waals surface area contributed by atoms with Crippen molar-refractivity contribution in [2.45, 2.75) is 49.7 Å². The zero-order chi connectivity index (χ0) is 31.7. The molecule has 9 rings (SSSR count). The average Bonchev–Trinajstić information content (AvgIpc) is 3.39. The summed E-state index contributed by atoms with van der Waals surface area (Å²) in [5, 5.41) is 1.54. The summed E-state index contributed by atoms with van der Waals surface area (Å²) in [7, 11) is 0. The maximum absolute atomic E-state index is 15.0. The minimum atomic E-state index is -2.86. The van der Waals surface area contributed by atoms with E-state index in [1.807, 2.05) is 48.5 Å². The number of hydrogen-bond acceptors (Lipinski definition) is 4. The SMILES string of the molecule is O=C1[C@@H](N(C(=O)[C@@H]2CCC(=O)N2c2nccc3ccccc23)c2cccc(F)c2)c2ccccc2I2C=C(C2)N1C1CC(F)(F)C1. The number of anilines is 2. The van der Waals surface area contributed by atoms with Gasteiger partial charge in [-0.25, -0.2) is 0 Å². The van der Waals surface area contributed by atoms with Crippen LogP contribution >= 0.6 is 19.8 Å². The van der Waals surface area contributed by atoms with Gasteiger partial charge in [-0.3, -0.25) is 0 Å². The fourth-order valence-corrected chi connectivity index (χ4v) is 11.9. The van der Waals surface area contributed by atoms with Crippen molar-refractivity contribution in [3.8, 4) is 0 Å². The van der Waals surface area contributed by atoms with Crippen LogP contribution in [0.1, 0.15) is 37.3 Å². The molecular weight excluding hydrogens is 708 g/mol. The Kier molecular flexibility index (Phi) is 6.93. The van der Waals surface area contributed by atoms with E-state index < -0.39 is 74.3 Å². The number of nitrogens with zero attached hydrogens (tertiary/aromatic N) is 4. The van der Waals surface area contributed by atoms with Crippen molar-refractivity contribution in [1.82, 2.24) is 9.88 Å². The fourth-order valence-electron chi connectivity index (χ4n) is 6.99. The summed E-state index contributed by atoms with van der Waals surface area (Å²) in [6.45, 7) is 0. The molecule has 2 atom stereocenters. The molecule has 46 heavy (non-hydrogen) atoms. The number of fused-ring (bicyclic) bond motifs is 3. The van der Waals surface area contributed by atoms with Gasteiger partial charge in [0.2, 0.25) is 0 Å². The van der Waals surface area contributed by atoms with E-state index in [1.165, 1.54) is 32.9 Å². The molecule has 1 aliphatic carbocycles. The van der Waals surface area contributed by atoms with E-state index in [1.54, 1.807) is 18.3 Å². The zero-order valence-corrected chi connectivity index (χ0v) is 26.6. The number of carbonyl (C=O) groups is 3. The van der Waals surface area contributed by atoms with E-state index in [-0.39, 0.29) is 24.4 Å². The third-order valence-corrected chi connectivity index (χ3v) is 14.7. The van der Waals surface area contributed by atoms with E-state index in [2.05, 4.69) is 9.07 Å². The van der Waals surface area contributed by atoms with E-state index in [0.29, 0.717) is 21.2 Å². The Morgan fingerprint density at radius 2 is 1.72 bits per heavy atom. The number of benzene rings is 3. The van der Waals surface area contributed by atoms with Crippen LogP contribution < -0.4 is 9.80 Å². The predicted octanol–water partition coefficient (Wildman–Crippen LogP) is 6.81. The third kappa shape index (κ3) is 4.69. The first-order chi connectivity index (χ1) is 22.2. The molecule has 0 spiro atoms. The van der Waals surface area contributed by atoms with E-state index in [9.17, 15) is 22.8 Å². The molecule has 3 amide bonds. The van der Waals surface area contributed by atoms with Crippen LogP contribution in [-0.2, 0) is 14.4 Å². The van der Waals surface area contributed by atoms with Gasteiger partial charge < -0.3 is 0 Å². The molecule has 11 heteroatoms. The average molecular weight is 737 g/mol. The van der Waals surface area contributed by atoms with Gasteiger partial charge in [0.15, 0.2) is 0 Å². The van der Waals surface area contributed by atoms with Gasteiger partial charge in [0.25, 0.3) is 0 Å². The second kappa shape index (κ2) is 10.9. The molecule has 2 bridgehead atoms. The molecule has 1 aromatic heterocycles. The first-order valence-corrected chi connectivity index (χ1v) is 18.9. The zero-order valence-electron chi connectivity index (χ0n) is 24.5. The van der Waals surface area contributed by atoms with Crippen molar-refractivity contribution in [3.63, 3.8) is 0 Å².